The van der Waals surface area contributed by atoms with Crippen LogP contribution in [-0.4, -0.2) is 45.6 Å². The van der Waals surface area contributed by atoms with Crippen molar-refractivity contribution in [3.8, 4) is 0 Å². The van der Waals surface area contributed by atoms with Gasteiger partial charge in [-0.15, -0.1) is 0 Å². The molecule has 6 heteroatoms. The van der Waals surface area contributed by atoms with Gasteiger partial charge in [-0.2, -0.15) is 0 Å². The number of aliphatic hydroxyl groups excluding tert-OH is 1. The summed E-state index contributed by atoms with van der Waals surface area (Å²) in [6.07, 6.45) is 10.9. The van der Waals surface area contributed by atoms with Gasteiger partial charge < -0.3 is 19.7 Å². The molecule has 0 aromatic carbocycles. The number of cyclic esters (lactones) is 1. The summed E-state index contributed by atoms with van der Waals surface area (Å²) in [4.78, 5) is 24.7. The second-order valence-electron chi connectivity index (χ2n) is 13.6. The maximum atomic E-state index is 12.5. The fourth-order valence-electron chi connectivity index (χ4n) is 9.30. The molecular weight excluding hydrogens is 456 g/mol. The molecule has 2 aliphatic heterocycles. The molecule has 1 saturated heterocycles. The summed E-state index contributed by atoms with van der Waals surface area (Å²) in [5.41, 5.74) is 1.23. The Balaban J connectivity index is 1.37. The van der Waals surface area contributed by atoms with E-state index in [0.29, 0.717) is 12.3 Å². The minimum Gasteiger partial charge on any atom is -0.460 e. The molecule has 6 rings (SSSR count). The van der Waals surface area contributed by atoms with Crippen molar-refractivity contribution in [2.24, 2.45) is 34.5 Å². The molecule has 0 unspecified atom stereocenters. The number of hydrogen-bond donors (Lipinski definition) is 2. The second-order valence-corrected chi connectivity index (χ2v) is 13.6. The Morgan fingerprint density at radius 3 is 2.53 bits per heavy atom. The average Bonchev–Trinajstić information content (AvgIpc) is 3.14. The standard InChI is InChI=1S/C30H40O6/c1-27(2)20-7-8-21-18(12-16(20)6-9-25(32)36-27)23(31)15-29(4)22(10-11-28(21,29)3)19-13-17-14-24(19)35-26(33)30(17,5)34/h6,9,12,17,19-20,22-24,31,34H,7-8,10-11,13-15H2,1-5H3/t17-,19+,20-,22-,23-,24-,28+,29-,30-/m1/s1. The summed E-state index contributed by atoms with van der Waals surface area (Å²) in [5, 5.41) is 22.4. The van der Waals surface area contributed by atoms with Gasteiger partial charge >= 0.3 is 11.9 Å². The van der Waals surface area contributed by atoms with E-state index in [1.807, 2.05) is 19.9 Å². The van der Waals surface area contributed by atoms with E-state index in [4.69, 9.17) is 9.47 Å². The lowest BCUT2D eigenvalue weighted by atomic mass is 9.52. The zero-order chi connectivity index (χ0) is 25.8. The van der Waals surface area contributed by atoms with Crippen molar-refractivity contribution in [3.63, 3.8) is 0 Å². The van der Waals surface area contributed by atoms with Crippen molar-refractivity contribution in [1.82, 2.24) is 0 Å². The molecule has 6 aliphatic rings. The number of carbonyl (C=O) groups is 2. The van der Waals surface area contributed by atoms with Crippen LogP contribution < -0.4 is 0 Å². The van der Waals surface area contributed by atoms with Crippen molar-refractivity contribution < 1.29 is 29.3 Å². The van der Waals surface area contributed by atoms with Gasteiger partial charge in [-0.25, -0.2) is 9.59 Å². The van der Waals surface area contributed by atoms with Crippen LogP contribution in [-0.2, 0) is 19.1 Å². The highest BCUT2D eigenvalue weighted by molar-refractivity contribution is 5.83. The van der Waals surface area contributed by atoms with Crippen molar-refractivity contribution in [2.75, 3.05) is 0 Å². The van der Waals surface area contributed by atoms with Gasteiger partial charge in [-0.05, 0) is 99.5 Å². The number of fused-ring (bicyclic) bond motifs is 5. The number of rotatable bonds is 1. The van der Waals surface area contributed by atoms with Crippen LogP contribution >= 0.6 is 0 Å². The van der Waals surface area contributed by atoms with Crippen LogP contribution in [0.2, 0.25) is 0 Å². The summed E-state index contributed by atoms with van der Waals surface area (Å²) < 4.78 is 11.6. The molecule has 0 aromatic rings. The normalized spacial score (nSPS) is 49.2. The predicted molar refractivity (Wildman–Crippen MR) is 133 cm³/mol. The SMILES string of the molecule is CC1(C)OC(=O)C=CC2=CC3=C(CC[C@H]21)[C@]1(C)CC[C@H]([C@@H]2C[C@@H]4C[C@H]2OC(=O)[C@]4(C)O)[C@@]1(C)C[C@H]3O. The fraction of sp³-hybridized carbons (Fsp3) is 0.733. The molecule has 2 N–H and O–H groups in total. The van der Waals surface area contributed by atoms with Crippen molar-refractivity contribution in [3.05, 3.63) is 34.9 Å². The summed E-state index contributed by atoms with van der Waals surface area (Å²) in [7, 11) is 0. The van der Waals surface area contributed by atoms with Gasteiger partial charge in [0.15, 0.2) is 5.60 Å². The smallest absolute Gasteiger partial charge is 0.338 e. The van der Waals surface area contributed by atoms with Crippen molar-refractivity contribution >= 4 is 11.9 Å². The summed E-state index contributed by atoms with van der Waals surface area (Å²) in [5.74, 6) is -0.241. The predicted octanol–water partition coefficient (Wildman–Crippen LogP) is 4.40. The minimum absolute atomic E-state index is 0.0566. The van der Waals surface area contributed by atoms with Gasteiger partial charge in [0.2, 0.25) is 0 Å². The molecule has 9 atom stereocenters. The zero-order valence-corrected chi connectivity index (χ0v) is 22.2. The molecular formula is C30H40O6. The molecule has 0 radical (unpaired) electrons. The molecule has 2 heterocycles. The van der Waals surface area contributed by atoms with E-state index in [0.717, 1.165) is 49.7 Å². The maximum absolute atomic E-state index is 12.5. The number of aliphatic hydroxyl groups is 2. The van der Waals surface area contributed by atoms with E-state index in [2.05, 4.69) is 19.9 Å². The summed E-state index contributed by atoms with van der Waals surface area (Å²) >= 11 is 0. The van der Waals surface area contributed by atoms with Crippen LogP contribution in [0.1, 0.15) is 79.6 Å². The van der Waals surface area contributed by atoms with E-state index in [-0.39, 0.29) is 40.7 Å². The molecule has 6 nitrogen and oxygen atoms in total. The highest BCUT2D eigenvalue weighted by atomic mass is 16.6. The largest absolute Gasteiger partial charge is 0.460 e. The van der Waals surface area contributed by atoms with Gasteiger partial charge in [0.05, 0.1) is 6.10 Å². The molecule has 3 fully saturated rings. The number of hydrogen-bond acceptors (Lipinski definition) is 6. The highest BCUT2D eigenvalue weighted by Gasteiger charge is 2.65. The Kier molecular flexibility index (Phi) is 5.13. The number of allylic oxidation sites excluding steroid dienone is 2. The first-order chi connectivity index (χ1) is 16.8. The summed E-state index contributed by atoms with van der Waals surface area (Å²) in [6.45, 7) is 10.3. The molecule has 2 bridgehead atoms. The maximum Gasteiger partial charge on any atom is 0.338 e. The first-order valence-electron chi connectivity index (χ1n) is 13.8. The molecule has 196 valence electrons. The molecule has 36 heavy (non-hydrogen) atoms. The van der Waals surface area contributed by atoms with Gasteiger partial charge in [-0.1, -0.05) is 31.6 Å². The van der Waals surface area contributed by atoms with Gasteiger partial charge in [-0.3, -0.25) is 0 Å². The van der Waals surface area contributed by atoms with Gasteiger partial charge in [0, 0.05) is 17.9 Å². The van der Waals surface area contributed by atoms with E-state index in [1.165, 1.54) is 11.6 Å². The van der Waals surface area contributed by atoms with E-state index >= 15 is 0 Å². The molecule has 0 spiro atoms. The second kappa shape index (κ2) is 7.57. The lowest BCUT2D eigenvalue weighted by Gasteiger charge is -2.53. The third-order valence-corrected chi connectivity index (χ3v) is 11.6. The Hall–Kier alpha value is -1.92. The Bertz CT molecular complexity index is 1110. The first-order valence-corrected chi connectivity index (χ1v) is 13.8. The Morgan fingerprint density at radius 1 is 1.03 bits per heavy atom. The third-order valence-electron chi connectivity index (χ3n) is 11.6. The van der Waals surface area contributed by atoms with Crippen LogP contribution in [0.4, 0.5) is 0 Å². The van der Waals surface area contributed by atoms with Crippen LogP contribution in [0.3, 0.4) is 0 Å². The van der Waals surface area contributed by atoms with E-state index in [9.17, 15) is 19.8 Å². The molecule has 4 aliphatic carbocycles. The molecule has 0 aromatic heterocycles. The third kappa shape index (κ3) is 3.16. The summed E-state index contributed by atoms with van der Waals surface area (Å²) in [6, 6.07) is 0. The fourth-order valence-corrected chi connectivity index (χ4v) is 9.30. The quantitative estimate of drug-likeness (QED) is 0.523. The Labute approximate surface area is 213 Å². The molecule has 0 amide bonds. The molecule has 2 saturated carbocycles. The first kappa shape index (κ1) is 24.4. The minimum atomic E-state index is -1.40. The van der Waals surface area contributed by atoms with Crippen molar-refractivity contribution in [1.29, 1.82) is 0 Å². The van der Waals surface area contributed by atoms with Crippen LogP contribution in [0, 0.1) is 34.5 Å². The van der Waals surface area contributed by atoms with E-state index < -0.39 is 23.3 Å². The number of ether oxygens (including phenoxy) is 2. The lowest BCUT2D eigenvalue weighted by Crippen LogP contribution is -2.49. The zero-order valence-electron chi connectivity index (χ0n) is 22.2. The monoisotopic (exact) mass is 496 g/mol. The van der Waals surface area contributed by atoms with Crippen LogP contribution in [0.5, 0.6) is 0 Å². The highest BCUT2D eigenvalue weighted by Crippen LogP contribution is 2.70. The van der Waals surface area contributed by atoms with Crippen LogP contribution in [0.25, 0.3) is 0 Å². The van der Waals surface area contributed by atoms with Gasteiger partial charge in [0.1, 0.15) is 11.7 Å². The lowest BCUT2D eigenvalue weighted by molar-refractivity contribution is -0.184. The van der Waals surface area contributed by atoms with Crippen LogP contribution in [0.15, 0.2) is 34.9 Å². The number of carbonyl (C=O) groups excluding carboxylic acids is 2. The average molecular weight is 497 g/mol. The topological polar surface area (TPSA) is 93.1 Å². The van der Waals surface area contributed by atoms with Gasteiger partial charge in [0.25, 0.3) is 0 Å². The Morgan fingerprint density at radius 2 is 1.78 bits per heavy atom. The number of esters is 2. The van der Waals surface area contributed by atoms with E-state index in [1.54, 1.807) is 6.92 Å². The van der Waals surface area contributed by atoms with Crippen molar-refractivity contribution in [2.45, 2.75) is 103 Å².